The van der Waals surface area contributed by atoms with E-state index in [4.69, 9.17) is 5.73 Å². The van der Waals surface area contributed by atoms with Crippen LogP contribution < -0.4 is 15.8 Å². The average Bonchev–Trinajstić information content (AvgIpc) is 2.24. The zero-order chi connectivity index (χ0) is 16.0. The molecule has 0 fully saturated rings. The fraction of sp³-hybridized carbons (Fsp3) is 0.500. The Bertz CT molecular complexity index is 595. The normalized spacial score (nSPS) is 12.1. The van der Waals surface area contributed by atoms with Gasteiger partial charge in [-0.15, -0.1) is 24.0 Å². The minimum Gasteiger partial charge on any atom is -0.370 e. The number of hydrogen-bond acceptors (Lipinski definition) is 3. The smallest absolute Gasteiger partial charge is 0.213 e. The summed E-state index contributed by atoms with van der Waals surface area (Å²) in [6.45, 7) is 7.66. The van der Waals surface area contributed by atoms with Crippen LogP contribution in [0.1, 0.15) is 25.0 Å². The van der Waals surface area contributed by atoms with Gasteiger partial charge in [-0.25, -0.2) is 13.1 Å². The SMILES string of the molecule is Cc1cc(C)cc(NC(N)=NCCS(=O)(=O)NC(C)C)c1.I. The Hall–Kier alpha value is -0.870. The second-order valence-electron chi connectivity index (χ2n) is 5.36. The fourth-order valence-electron chi connectivity index (χ4n) is 1.94. The van der Waals surface area contributed by atoms with E-state index in [0.29, 0.717) is 0 Å². The minimum absolute atomic E-state index is 0. The first-order valence-corrected chi connectivity index (χ1v) is 8.48. The predicted molar refractivity (Wildman–Crippen MR) is 104 cm³/mol. The highest BCUT2D eigenvalue weighted by Gasteiger charge is 2.10. The largest absolute Gasteiger partial charge is 0.370 e. The van der Waals surface area contributed by atoms with Crippen LogP contribution in [0.15, 0.2) is 23.2 Å². The van der Waals surface area contributed by atoms with Crippen molar-refractivity contribution in [3.8, 4) is 0 Å². The van der Waals surface area contributed by atoms with Crippen molar-refractivity contribution in [1.82, 2.24) is 4.72 Å². The minimum atomic E-state index is -3.30. The van der Waals surface area contributed by atoms with E-state index >= 15 is 0 Å². The number of rotatable bonds is 6. The lowest BCUT2D eigenvalue weighted by Crippen LogP contribution is -2.33. The number of nitrogens with two attached hydrogens (primary N) is 1. The highest BCUT2D eigenvalue weighted by atomic mass is 127. The van der Waals surface area contributed by atoms with Crippen molar-refractivity contribution in [3.63, 3.8) is 0 Å². The van der Waals surface area contributed by atoms with Crippen LogP contribution in [0.2, 0.25) is 0 Å². The number of anilines is 1. The van der Waals surface area contributed by atoms with Crippen molar-refractivity contribution in [2.24, 2.45) is 10.7 Å². The van der Waals surface area contributed by atoms with Gasteiger partial charge < -0.3 is 11.1 Å². The highest BCUT2D eigenvalue weighted by molar-refractivity contribution is 14.0. The number of aliphatic imine (C=N–C) groups is 1. The van der Waals surface area contributed by atoms with Crippen molar-refractivity contribution in [3.05, 3.63) is 29.3 Å². The molecule has 1 aromatic carbocycles. The molecule has 0 aromatic heterocycles. The first kappa shape index (κ1) is 21.1. The molecule has 0 aliphatic heterocycles. The summed E-state index contributed by atoms with van der Waals surface area (Å²) in [5.41, 5.74) is 8.84. The molecule has 126 valence electrons. The molecule has 1 rings (SSSR count). The number of sulfonamides is 1. The second kappa shape index (κ2) is 9.31. The Labute approximate surface area is 150 Å². The first-order chi connectivity index (χ1) is 9.68. The summed E-state index contributed by atoms with van der Waals surface area (Å²) < 4.78 is 25.8. The molecule has 0 radical (unpaired) electrons. The van der Waals surface area contributed by atoms with Crippen LogP contribution >= 0.6 is 24.0 Å². The number of benzene rings is 1. The quantitative estimate of drug-likeness (QED) is 0.358. The molecule has 0 saturated heterocycles. The first-order valence-electron chi connectivity index (χ1n) is 6.83. The van der Waals surface area contributed by atoms with Crippen LogP contribution in [-0.2, 0) is 10.0 Å². The van der Waals surface area contributed by atoms with E-state index in [-0.39, 0.29) is 48.3 Å². The van der Waals surface area contributed by atoms with Crippen molar-refractivity contribution in [2.75, 3.05) is 17.6 Å². The third-order valence-electron chi connectivity index (χ3n) is 2.55. The molecule has 0 heterocycles. The van der Waals surface area contributed by atoms with Crippen LogP contribution in [0, 0.1) is 13.8 Å². The van der Waals surface area contributed by atoms with Crippen LogP contribution in [0.3, 0.4) is 0 Å². The molecule has 0 atom stereocenters. The lowest BCUT2D eigenvalue weighted by Gasteiger charge is -2.09. The molecule has 8 heteroatoms. The molecule has 4 N–H and O–H groups in total. The van der Waals surface area contributed by atoms with Crippen molar-refractivity contribution in [2.45, 2.75) is 33.7 Å². The summed E-state index contributed by atoms with van der Waals surface area (Å²) >= 11 is 0. The molecule has 0 amide bonds. The van der Waals surface area contributed by atoms with Gasteiger partial charge in [0.2, 0.25) is 10.0 Å². The van der Waals surface area contributed by atoms with Gasteiger partial charge in [-0.1, -0.05) is 6.07 Å². The van der Waals surface area contributed by atoms with E-state index in [2.05, 4.69) is 21.1 Å². The molecule has 22 heavy (non-hydrogen) atoms. The van der Waals surface area contributed by atoms with Crippen LogP contribution in [0.25, 0.3) is 0 Å². The van der Waals surface area contributed by atoms with Crippen LogP contribution in [0.4, 0.5) is 5.69 Å². The predicted octanol–water partition coefficient (Wildman–Crippen LogP) is 1.98. The van der Waals surface area contributed by atoms with Gasteiger partial charge in [0.15, 0.2) is 5.96 Å². The molecule has 0 aliphatic carbocycles. The topological polar surface area (TPSA) is 96.6 Å². The number of aryl methyl sites for hydroxylation is 2. The van der Waals surface area contributed by atoms with E-state index in [1.165, 1.54) is 0 Å². The summed E-state index contributed by atoms with van der Waals surface area (Å²) in [6.07, 6.45) is 0. The summed E-state index contributed by atoms with van der Waals surface area (Å²) in [7, 11) is -3.30. The van der Waals surface area contributed by atoms with E-state index in [0.717, 1.165) is 16.8 Å². The van der Waals surface area contributed by atoms with Crippen LogP contribution in [-0.4, -0.2) is 32.7 Å². The number of hydrogen-bond donors (Lipinski definition) is 3. The molecule has 0 spiro atoms. The van der Waals surface area contributed by atoms with Crippen molar-refractivity contribution in [1.29, 1.82) is 0 Å². The maximum absolute atomic E-state index is 11.6. The summed E-state index contributed by atoms with van der Waals surface area (Å²) in [6, 6.07) is 5.84. The zero-order valence-corrected chi connectivity index (χ0v) is 16.5. The second-order valence-corrected chi connectivity index (χ2v) is 7.23. The van der Waals surface area contributed by atoms with Gasteiger partial charge in [0.25, 0.3) is 0 Å². The van der Waals surface area contributed by atoms with Gasteiger partial charge in [0.05, 0.1) is 12.3 Å². The van der Waals surface area contributed by atoms with Crippen LogP contribution in [0.5, 0.6) is 0 Å². The maximum atomic E-state index is 11.6. The number of nitrogens with zero attached hydrogens (tertiary/aromatic N) is 1. The third kappa shape index (κ3) is 8.54. The van der Waals surface area contributed by atoms with E-state index < -0.39 is 10.0 Å². The standard InChI is InChI=1S/C14H24N4O2S.HI/c1-10(2)18-21(19,20)6-5-16-14(15)17-13-8-11(3)7-12(4)9-13;/h7-10,18H,5-6H2,1-4H3,(H3,15,16,17);1H. The monoisotopic (exact) mass is 440 g/mol. The molecule has 0 bridgehead atoms. The summed E-state index contributed by atoms with van der Waals surface area (Å²) in [5, 5.41) is 2.96. The molecule has 0 saturated carbocycles. The lowest BCUT2D eigenvalue weighted by atomic mass is 10.1. The number of nitrogens with one attached hydrogen (secondary N) is 2. The zero-order valence-electron chi connectivity index (χ0n) is 13.4. The Morgan fingerprint density at radius 3 is 2.27 bits per heavy atom. The Balaban J connectivity index is 0.00000441. The van der Waals surface area contributed by atoms with Crippen molar-refractivity contribution < 1.29 is 8.42 Å². The average molecular weight is 440 g/mol. The fourth-order valence-corrected chi connectivity index (χ4v) is 3.11. The Morgan fingerprint density at radius 2 is 1.77 bits per heavy atom. The van der Waals surface area contributed by atoms with Gasteiger partial charge in [-0.2, -0.15) is 0 Å². The van der Waals surface area contributed by atoms with E-state index in [9.17, 15) is 8.42 Å². The lowest BCUT2D eigenvalue weighted by molar-refractivity contribution is 0.570. The molecule has 6 nitrogen and oxygen atoms in total. The molecule has 0 unspecified atom stereocenters. The van der Waals surface area contributed by atoms with E-state index in [1.807, 2.05) is 26.0 Å². The van der Waals surface area contributed by atoms with Gasteiger partial charge in [-0.05, 0) is 51.0 Å². The van der Waals surface area contributed by atoms with Gasteiger partial charge in [-0.3, -0.25) is 4.99 Å². The summed E-state index contributed by atoms with van der Waals surface area (Å²) in [4.78, 5) is 4.04. The number of guanidine groups is 1. The maximum Gasteiger partial charge on any atom is 0.213 e. The summed E-state index contributed by atoms with van der Waals surface area (Å²) in [5.74, 6) is 0.125. The number of halogens is 1. The molecular formula is C14H25IN4O2S. The third-order valence-corrected chi connectivity index (χ3v) is 4.10. The van der Waals surface area contributed by atoms with Gasteiger partial charge in [0, 0.05) is 11.7 Å². The highest BCUT2D eigenvalue weighted by Crippen LogP contribution is 2.13. The molecule has 0 aliphatic rings. The van der Waals surface area contributed by atoms with Crippen molar-refractivity contribution >= 4 is 45.6 Å². The Kier molecular flexibility index (Phi) is 8.94. The van der Waals surface area contributed by atoms with E-state index in [1.54, 1.807) is 13.8 Å². The molecule has 1 aromatic rings. The Morgan fingerprint density at radius 1 is 1.23 bits per heavy atom. The molecular weight excluding hydrogens is 415 g/mol. The van der Waals surface area contributed by atoms with Gasteiger partial charge >= 0.3 is 0 Å². The van der Waals surface area contributed by atoms with Gasteiger partial charge in [0.1, 0.15) is 0 Å².